The van der Waals surface area contributed by atoms with Gasteiger partial charge in [-0.25, -0.2) is 0 Å². The van der Waals surface area contributed by atoms with Gasteiger partial charge in [-0.1, -0.05) is 79.7 Å². The number of ether oxygens (including phenoxy) is 1. The van der Waals surface area contributed by atoms with Gasteiger partial charge in [0, 0.05) is 34.5 Å². The van der Waals surface area contributed by atoms with Gasteiger partial charge >= 0.3 is 0 Å². The smallest absolute Gasteiger partial charge is 0.248 e. The standard InChI is InChI=1S/C28H31N3O3.C11H22O.C2H7NS/c1-15-24-21-13-18(34-2)9-11-19(21)25-23(16-6-4-3-5-7-16)20-10-8-17(26(29)32)12-22(20)31(25)14-28(15,24)27(30)33;1-8(2)11(5)7-6-9(12)10(11,3)4;1-3(2)4/h8-13,15-16,24H,3-7,14H2,1-2H3,(H2,29,32)(H2,30,33);8-9,12H,6-7H2,1-5H3;4H,1-2H3/t15-,24?,28?;;/m0../s1. The molecule has 9 heteroatoms. The number of hydrogen-bond acceptors (Lipinski definition) is 6. The topological polar surface area (TPSA) is 124 Å². The van der Waals surface area contributed by atoms with Gasteiger partial charge in [0.15, 0.2) is 0 Å². The summed E-state index contributed by atoms with van der Waals surface area (Å²) in [6, 6.07) is 12.0. The Bertz CT molecular complexity index is 1740. The van der Waals surface area contributed by atoms with Gasteiger partial charge in [-0.2, -0.15) is 0 Å². The summed E-state index contributed by atoms with van der Waals surface area (Å²) < 4.78 is 9.54. The van der Waals surface area contributed by atoms with Gasteiger partial charge in [-0.3, -0.25) is 13.9 Å². The zero-order chi connectivity index (χ0) is 36.9. The number of fused-ring (bicyclic) bond motifs is 7. The van der Waals surface area contributed by atoms with Crippen molar-refractivity contribution in [2.24, 2.45) is 39.5 Å². The first-order chi connectivity index (χ1) is 23.4. The van der Waals surface area contributed by atoms with Crippen LogP contribution < -0.4 is 16.2 Å². The Balaban J connectivity index is 0.000000254. The number of aliphatic hydroxyl groups excluding tert-OH is 1. The van der Waals surface area contributed by atoms with Crippen LogP contribution >= 0.6 is 12.8 Å². The summed E-state index contributed by atoms with van der Waals surface area (Å²) in [7, 11) is 5.40. The molecule has 50 heavy (non-hydrogen) atoms. The lowest BCUT2D eigenvalue weighted by molar-refractivity contribution is -0.124. The van der Waals surface area contributed by atoms with E-state index in [9.17, 15) is 14.7 Å². The highest BCUT2D eigenvalue weighted by molar-refractivity contribution is 7.77. The number of nitrogens with zero attached hydrogens (tertiary/aromatic N) is 2. The molecule has 3 fully saturated rings. The molecule has 0 bridgehead atoms. The second kappa shape index (κ2) is 14.2. The summed E-state index contributed by atoms with van der Waals surface area (Å²) in [6.45, 7) is 13.9. The number of amides is 2. The Kier molecular flexibility index (Phi) is 10.8. The number of carbonyl (C=O) groups excluding carboxylic acids is 2. The summed E-state index contributed by atoms with van der Waals surface area (Å²) in [6.07, 6.45) is 8.04. The van der Waals surface area contributed by atoms with Crippen molar-refractivity contribution in [2.75, 3.05) is 21.2 Å². The molecule has 3 aliphatic carbocycles. The van der Waals surface area contributed by atoms with E-state index in [1.165, 1.54) is 36.9 Å². The van der Waals surface area contributed by atoms with Crippen molar-refractivity contribution in [3.63, 3.8) is 0 Å². The first-order valence-corrected chi connectivity index (χ1v) is 18.8. The van der Waals surface area contributed by atoms with Crippen LogP contribution in [-0.4, -0.2) is 53.1 Å². The van der Waals surface area contributed by atoms with Crippen LogP contribution in [-0.2, 0) is 11.3 Å². The molecule has 2 amide bonds. The van der Waals surface area contributed by atoms with Crippen molar-refractivity contribution in [1.29, 1.82) is 0 Å². The van der Waals surface area contributed by atoms with Crippen LogP contribution in [0, 0.1) is 28.1 Å². The van der Waals surface area contributed by atoms with Crippen molar-refractivity contribution in [3.05, 3.63) is 53.1 Å². The average molecular weight is 705 g/mol. The van der Waals surface area contributed by atoms with Gasteiger partial charge in [-0.05, 0) is 110 Å². The molecule has 0 radical (unpaired) electrons. The van der Waals surface area contributed by atoms with Crippen LogP contribution in [0.2, 0.25) is 0 Å². The van der Waals surface area contributed by atoms with Crippen molar-refractivity contribution in [1.82, 2.24) is 8.87 Å². The Morgan fingerprint density at radius 1 is 1.02 bits per heavy atom. The van der Waals surface area contributed by atoms with Crippen LogP contribution in [0.15, 0.2) is 36.4 Å². The molecular formula is C41H60N4O4S. The molecule has 5 N–H and O–H groups in total. The maximum atomic E-state index is 13.0. The summed E-state index contributed by atoms with van der Waals surface area (Å²) in [5.74, 6) is 1.35. The zero-order valence-corrected chi connectivity index (χ0v) is 32.6. The van der Waals surface area contributed by atoms with Crippen molar-refractivity contribution in [2.45, 2.75) is 111 Å². The maximum Gasteiger partial charge on any atom is 0.248 e. The predicted octanol–water partition coefficient (Wildman–Crippen LogP) is 7.90. The largest absolute Gasteiger partial charge is 0.497 e. The zero-order valence-electron chi connectivity index (χ0n) is 31.7. The number of hydrogen-bond donors (Lipinski definition) is 4. The van der Waals surface area contributed by atoms with Gasteiger partial charge in [0.1, 0.15) is 5.75 Å². The molecule has 1 aromatic heterocycles. The number of methoxy groups -OCH3 is 1. The first kappa shape index (κ1) is 38.2. The average Bonchev–Trinajstić information content (AvgIpc) is 3.50. The quantitative estimate of drug-likeness (QED) is 0.201. The molecule has 3 aromatic rings. The number of primary amides is 2. The lowest BCUT2D eigenvalue weighted by atomic mass is 9.62. The molecule has 8 nitrogen and oxygen atoms in total. The summed E-state index contributed by atoms with van der Waals surface area (Å²) in [5.41, 5.74) is 17.7. The van der Waals surface area contributed by atoms with Gasteiger partial charge in [0.05, 0.1) is 24.3 Å². The number of aromatic nitrogens is 1. The molecule has 274 valence electrons. The molecule has 4 unspecified atom stereocenters. The molecule has 0 saturated heterocycles. The van der Waals surface area contributed by atoms with Crippen molar-refractivity contribution in [3.8, 4) is 17.0 Å². The lowest BCUT2D eigenvalue weighted by Gasteiger charge is -2.43. The number of benzene rings is 2. The Morgan fingerprint density at radius 2 is 1.66 bits per heavy atom. The fraction of sp³-hybridized carbons (Fsp3) is 0.610. The fourth-order valence-corrected chi connectivity index (χ4v) is 9.60. The minimum atomic E-state index is -0.662. The molecule has 2 aromatic carbocycles. The van der Waals surface area contributed by atoms with Crippen LogP contribution in [0.5, 0.6) is 5.75 Å². The van der Waals surface area contributed by atoms with E-state index in [0.717, 1.165) is 47.0 Å². The normalized spacial score (nSPS) is 28.0. The molecule has 7 rings (SSSR count). The van der Waals surface area contributed by atoms with E-state index in [1.807, 2.05) is 32.3 Å². The lowest BCUT2D eigenvalue weighted by Crippen LogP contribution is -2.40. The highest BCUT2D eigenvalue weighted by Crippen LogP contribution is 2.69. The van der Waals surface area contributed by atoms with Crippen molar-refractivity contribution < 1.29 is 19.4 Å². The molecule has 4 aliphatic rings. The monoisotopic (exact) mass is 704 g/mol. The van der Waals surface area contributed by atoms with Crippen molar-refractivity contribution >= 4 is 35.5 Å². The van der Waals surface area contributed by atoms with E-state index in [-0.39, 0.29) is 29.3 Å². The third-order valence-electron chi connectivity index (χ3n) is 13.4. The maximum absolute atomic E-state index is 13.0. The van der Waals surface area contributed by atoms with E-state index in [1.54, 1.807) is 11.4 Å². The minimum absolute atomic E-state index is 0.0450. The summed E-state index contributed by atoms with van der Waals surface area (Å²) in [4.78, 5) is 25.1. The Labute approximate surface area is 304 Å². The molecule has 0 spiro atoms. The predicted molar refractivity (Wildman–Crippen MR) is 206 cm³/mol. The van der Waals surface area contributed by atoms with E-state index in [2.05, 4.69) is 77.1 Å². The minimum Gasteiger partial charge on any atom is -0.497 e. The van der Waals surface area contributed by atoms with E-state index in [0.29, 0.717) is 29.4 Å². The van der Waals surface area contributed by atoms with Gasteiger partial charge < -0.3 is 25.9 Å². The number of aliphatic hydroxyl groups is 1. The Morgan fingerprint density at radius 3 is 2.16 bits per heavy atom. The van der Waals surface area contributed by atoms with Crippen LogP contribution in [0.1, 0.15) is 120 Å². The molecule has 1 aliphatic heterocycles. The number of nitrogens with two attached hydrogens (primary N) is 2. The van der Waals surface area contributed by atoms with Crippen LogP contribution in [0.3, 0.4) is 0 Å². The van der Waals surface area contributed by atoms with Gasteiger partial charge in [-0.15, -0.1) is 0 Å². The number of thiol groups is 1. The van der Waals surface area contributed by atoms with Crippen LogP contribution in [0.25, 0.3) is 22.2 Å². The van der Waals surface area contributed by atoms with Gasteiger partial charge in [0.25, 0.3) is 0 Å². The molecule has 5 atom stereocenters. The SMILES string of the molecule is CC(C)C1(C)CCC(O)C1(C)C.CN(C)S.COc1ccc2c(c1)C1[C@H](C)C1(C(N)=O)Cn1c-2c(C2CCCCC2)c2ccc(C(N)=O)cc21. The second-order valence-electron chi connectivity index (χ2n) is 16.6. The third kappa shape index (κ3) is 6.36. The molecule has 3 saturated carbocycles. The summed E-state index contributed by atoms with van der Waals surface area (Å²) in [5, 5.41) is 11.0. The number of rotatable bonds is 5. The second-order valence-corrected chi connectivity index (χ2v) is 17.4. The van der Waals surface area contributed by atoms with E-state index < -0.39 is 11.3 Å². The summed E-state index contributed by atoms with van der Waals surface area (Å²) >= 11 is 3.80. The van der Waals surface area contributed by atoms with E-state index >= 15 is 0 Å². The number of carbonyl (C=O) groups is 2. The highest BCUT2D eigenvalue weighted by atomic mass is 32.1. The fourth-order valence-electron chi connectivity index (χ4n) is 9.60. The highest BCUT2D eigenvalue weighted by Gasteiger charge is 2.68. The third-order valence-corrected chi connectivity index (χ3v) is 13.4. The Hall–Kier alpha value is -3.01. The molecular weight excluding hydrogens is 645 g/mol. The first-order valence-electron chi connectivity index (χ1n) is 18.4. The van der Waals surface area contributed by atoms with Crippen LogP contribution in [0.4, 0.5) is 0 Å². The van der Waals surface area contributed by atoms with Gasteiger partial charge in [0.2, 0.25) is 11.8 Å². The molecule has 2 heterocycles. The van der Waals surface area contributed by atoms with E-state index in [4.69, 9.17) is 16.2 Å².